The molecule has 0 aliphatic heterocycles. The van der Waals surface area contributed by atoms with Crippen LogP contribution in [0, 0.1) is 12.8 Å². The standard InChI is InChI=1S/C20H20N2O3/c1-12-5-4-6-13-11-17(25-19(12)13)20(24)22-18(14-9-15(23)10-14)16-7-2-3-8-21-16/h2-8,11,14-15,18,23H,9-10H2,1H3,(H,22,24)/t14?,15?,18-/m0/s1. The smallest absolute Gasteiger partial charge is 0.287 e. The third kappa shape index (κ3) is 3.03. The summed E-state index contributed by atoms with van der Waals surface area (Å²) in [6.45, 7) is 1.96. The van der Waals surface area contributed by atoms with Gasteiger partial charge in [0.2, 0.25) is 0 Å². The number of pyridine rings is 1. The molecule has 0 bridgehead atoms. The van der Waals surface area contributed by atoms with Crippen molar-refractivity contribution in [3.05, 3.63) is 65.7 Å². The van der Waals surface area contributed by atoms with Crippen LogP contribution >= 0.6 is 0 Å². The highest BCUT2D eigenvalue weighted by Crippen LogP contribution is 2.37. The highest BCUT2D eigenvalue weighted by atomic mass is 16.3. The molecular formula is C20H20N2O3. The molecule has 0 spiro atoms. The number of furan rings is 1. The number of benzene rings is 1. The van der Waals surface area contributed by atoms with E-state index in [-0.39, 0.29) is 24.0 Å². The number of aryl methyl sites for hydroxylation is 1. The first-order valence-electron chi connectivity index (χ1n) is 8.51. The maximum Gasteiger partial charge on any atom is 0.287 e. The summed E-state index contributed by atoms with van der Waals surface area (Å²) in [5.41, 5.74) is 2.54. The topological polar surface area (TPSA) is 75.4 Å². The molecule has 4 rings (SSSR count). The zero-order chi connectivity index (χ0) is 17.4. The maximum absolute atomic E-state index is 12.7. The monoisotopic (exact) mass is 336 g/mol. The maximum atomic E-state index is 12.7. The Balaban J connectivity index is 1.60. The Morgan fingerprint density at radius 1 is 1.28 bits per heavy atom. The molecule has 1 fully saturated rings. The van der Waals surface area contributed by atoms with E-state index in [0.29, 0.717) is 18.6 Å². The normalized spacial score (nSPS) is 20.9. The second kappa shape index (κ2) is 6.33. The summed E-state index contributed by atoms with van der Waals surface area (Å²) in [5, 5.41) is 13.6. The van der Waals surface area contributed by atoms with Crippen LogP contribution in [0.5, 0.6) is 0 Å². The number of hydrogen-bond donors (Lipinski definition) is 2. The number of nitrogens with one attached hydrogen (secondary N) is 1. The molecule has 2 heterocycles. The van der Waals surface area contributed by atoms with Gasteiger partial charge in [0, 0.05) is 11.6 Å². The highest BCUT2D eigenvalue weighted by molar-refractivity contribution is 5.96. The van der Waals surface area contributed by atoms with E-state index in [2.05, 4.69) is 10.3 Å². The lowest BCUT2D eigenvalue weighted by Gasteiger charge is -2.37. The SMILES string of the molecule is Cc1cccc2cc(C(=O)N[C@H](c3ccccn3)C3CC(O)C3)oc12. The van der Waals surface area contributed by atoms with E-state index in [1.807, 2.05) is 43.3 Å². The number of carbonyl (C=O) groups excluding carboxylic acids is 1. The molecule has 2 aromatic heterocycles. The number of carbonyl (C=O) groups is 1. The summed E-state index contributed by atoms with van der Waals surface area (Å²) in [4.78, 5) is 17.1. The van der Waals surface area contributed by atoms with Crippen LogP contribution < -0.4 is 5.32 Å². The first kappa shape index (κ1) is 15.8. The minimum atomic E-state index is -0.290. The van der Waals surface area contributed by atoms with Gasteiger partial charge < -0.3 is 14.8 Å². The van der Waals surface area contributed by atoms with E-state index in [4.69, 9.17) is 4.42 Å². The molecule has 25 heavy (non-hydrogen) atoms. The number of rotatable bonds is 4. The van der Waals surface area contributed by atoms with Crippen LogP contribution in [0.1, 0.15) is 40.7 Å². The molecule has 1 saturated carbocycles. The minimum absolute atomic E-state index is 0.181. The number of amides is 1. The minimum Gasteiger partial charge on any atom is -0.451 e. The fraction of sp³-hybridized carbons (Fsp3) is 0.300. The van der Waals surface area contributed by atoms with E-state index in [1.165, 1.54) is 0 Å². The van der Waals surface area contributed by atoms with Crippen LogP contribution in [0.3, 0.4) is 0 Å². The van der Waals surface area contributed by atoms with Crippen LogP contribution in [-0.4, -0.2) is 22.1 Å². The fourth-order valence-corrected chi connectivity index (χ4v) is 3.43. The summed E-state index contributed by atoms with van der Waals surface area (Å²) < 4.78 is 5.77. The first-order valence-corrected chi connectivity index (χ1v) is 8.51. The fourth-order valence-electron chi connectivity index (χ4n) is 3.43. The van der Waals surface area contributed by atoms with Crippen molar-refractivity contribution in [2.45, 2.75) is 31.9 Å². The lowest BCUT2D eigenvalue weighted by Crippen LogP contribution is -2.41. The van der Waals surface area contributed by atoms with Gasteiger partial charge in [0.25, 0.3) is 5.91 Å². The molecule has 1 atom stereocenters. The number of fused-ring (bicyclic) bond motifs is 1. The van der Waals surface area contributed by atoms with Crippen LogP contribution in [-0.2, 0) is 0 Å². The van der Waals surface area contributed by atoms with Crippen molar-refractivity contribution in [1.82, 2.24) is 10.3 Å². The zero-order valence-corrected chi connectivity index (χ0v) is 14.0. The van der Waals surface area contributed by atoms with Gasteiger partial charge in [0.15, 0.2) is 5.76 Å². The van der Waals surface area contributed by atoms with Gasteiger partial charge >= 0.3 is 0 Å². The predicted octanol–water partition coefficient (Wildman–Crippen LogP) is 3.38. The molecule has 1 aliphatic rings. The number of hydrogen-bond acceptors (Lipinski definition) is 4. The summed E-state index contributed by atoms with van der Waals surface area (Å²) >= 11 is 0. The van der Waals surface area contributed by atoms with E-state index in [9.17, 15) is 9.90 Å². The lowest BCUT2D eigenvalue weighted by molar-refractivity contribution is 0.0225. The number of aliphatic hydroxyl groups is 1. The van der Waals surface area contributed by atoms with Crippen molar-refractivity contribution >= 4 is 16.9 Å². The van der Waals surface area contributed by atoms with E-state index < -0.39 is 0 Å². The van der Waals surface area contributed by atoms with Crippen molar-refractivity contribution in [1.29, 1.82) is 0 Å². The molecule has 5 nitrogen and oxygen atoms in total. The van der Waals surface area contributed by atoms with Gasteiger partial charge in [0.05, 0.1) is 17.8 Å². The van der Waals surface area contributed by atoms with Gasteiger partial charge in [0.1, 0.15) is 5.58 Å². The van der Waals surface area contributed by atoms with Gasteiger partial charge in [-0.15, -0.1) is 0 Å². The Bertz CT molecular complexity index is 898. The van der Waals surface area contributed by atoms with Gasteiger partial charge in [-0.3, -0.25) is 9.78 Å². The van der Waals surface area contributed by atoms with E-state index in [1.54, 1.807) is 12.3 Å². The molecule has 1 aliphatic carbocycles. The van der Waals surface area contributed by atoms with Crippen LogP contribution in [0.15, 0.2) is 53.1 Å². The number of aliphatic hydroxyl groups excluding tert-OH is 1. The molecule has 0 saturated heterocycles. The van der Waals surface area contributed by atoms with Crippen molar-refractivity contribution in [2.75, 3.05) is 0 Å². The summed E-state index contributed by atoms with van der Waals surface area (Å²) in [7, 11) is 0. The average Bonchev–Trinajstić information content (AvgIpc) is 3.04. The third-order valence-electron chi connectivity index (χ3n) is 4.88. The van der Waals surface area contributed by atoms with Crippen molar-refractivity contribution in [2.24, 2.45) is 5.92 Å². The van der Waals surface area contributed by atoms with Crippen molar-refractivity contribution in [3.8, 4) is 0 Å². The predicted molar refractivity (Wildman–Crippen MR) is 94.1 cm³/mol. The average molecular weight is 336 g/mol. The van der Waals surface area contributed by atoms with Gasteiger partial charge in [-0.25, -0.2) is 0 Å². The van der Waals surface area contributed by atoms with Crippen LogP contribution in [0.2, 0.25) is 0 Å². The zero-order valence-electron chi connectivity index (χ0n) is 14.0. The molecule has 1 amide bonds. The summed E-state index contributed by atoms with van der Waals surface area (Å²) in [5.74, 6) is 0.220. The summed E-state index contributed by atoms with van der Waals surface area (Å²) in [6, 6.07) is 13.0. The molecule has 2 N–H and O–H groups in total. The van der Waals surface area contributed by atoms with Gasteiger partial charge in [-0.2, -0.15) is 0 Å². The first-order chi connectivity index (χ1) is 12.1. The quantitative estimate of drug-likeness (QED) is 0.766. The number of aromatic nitrogens is 1. The second-order valence-corrected chi connectivity index (χ2v) is 6.69. The Morgan fingerprint density at radius 3 is 2.80 bits per heavy atom. The van der Waals surface area contributed by atoms with E-state index >= 15 is 0 Å². The Morgan fingerprint density at radius 2 is 2.12 bits per heavy atom. The highest BCUT2D eigenvalue weighted by Gasteiger charge is 2.36. The number of nitrogens with zero attached hydrogens (tertiary/aromatic N) is 1. The van der Waals surface area contributed by atoms with Gasteiger partial charge in [-0.1, -0.05) is 24.3 Å². The third-order valence-corrected chi connectivity index (χ3v) is 4.88. The lowest BCUT2D eigenvalue weighted by atomic mass is 9.76. The molecule has 0 unspecified atom stereocenters. The largest absolute Gasteiger partial charge is 0.451 e. The molecule has 3 aromatic rings. The Hall–Kier alpha value is -2.66. The molecule has 5 heteroatoms. The number of para-hydroxylation sites is 1. The molecular weight excluding hydrogens is 316 g/mol. The van der Waals surface area contributed by atoms with E-state index in [0.717, 1.165) is 22.2 Å². The van der Waals surface area contributed by atoms with Crippen LogP contribution in [0.25, 0.3) is 11.0 Å². The second-order valence-electron chi connectivity index (χ2n) is 6.69. The van der Waals surface area contributed by atoms with Crippen molar-refractivity contribution < 1.29 is 14.3 Å². The van der Waals surface area contributed by atoms with Crippen LogP contribution in [0.4, 0.5) is 0 Å². The molecule has 0 radical (unpaired) electrons. The molecule has 128 valence electrons. The van der Waals surface area contributed by atoms with Gasteiger partial charge in [-0.05, 0) is 49.4 Å². The Labute approximate surface area is 145 Å². The summed E-state index contributed by atoms with van der Waals surface area (Å²) in [6.07, 6.45) is 2.76. The Kier molecular flexibility index (Phi) is 4.01. The van der Waals surface area contributed by atoms with Crippen molar-refractivity contribution in [3.63, 3.8) is 0 Å². The molecule has 1 aromatic carbocycles.